The Bertz CT molecular complexity index is 1660. The van der Waals surface area contributed by atoms with Crippen molar-refractivity contribution in [3.63, 3.8) is 0 Å². The number of rotatable bonds is 6. The molecule has 4 rings (SSSR count). The Morgan fingerprint density at radius 3 is 2.12 bits per heavy atom. The molecule has 0 N–H and O–H groups in total. The Morgan fingerprint density at radius 1 is 0.925 bits per heavy atom. The molecule has 1 aliphatic heterocycles. The zero-order chi connectivity index (χ0) is 29.5. The van der Waals surface area contributed by atoms with Gasteiger partial charge in [-0.3, -0.25) is 0 Å². The number of benzene rings is 2. The number of amides is 1. The summed E-state index contributed by atoms with van der Waals surface area (Å²) in [7, 11) is -8.89. The van der Waals surface area contributed by atoms with E-state index in [4.69, 9.17) is 9.47 Å². The molecule has 40 heavy (non-hydrogen) atoms. The molecule has 0 atom stereocenters. The molecule has 1 amide bonds. The molecule has 11 nitrogen and oxygen atoms in total. The monoisotopic (exact) mass is 655 g/mol. The van der Waals surface area contributed by atoms with E-state index in [2.05, 4.69) is 15.9 Å². The number of carbonyl (C=O) groups excluding carboxylic acids is 2. The normalized spacial score (nSPS) is 15.3. The second-order valence-corrected chi connectivity index (χ2v) is 14.6. The minimum absolute atomic E-state index is 0.000993. The van der Waals surface area contributed by atoms with E-state index in [1.54, 1.807) is 32.9 Å². The third-order valence-electron chi connectivity index (χ3n) is 6.08. The molecule has 1 fully saturated rings. The number of esters is 1. The van der Waals surface area contributed by atoms with Crippen LogP contribution in [0.2, 0.25) is 0 Å². The van der Waals surface area contributed by atoms with Crippen LogP contribution in [-0.2, 0) is 29.5 Å². The van der Waals surface area contributed by atoms with Crippen molar-refractivity contribution in [2.75, 3.05) is 32.8 Å². The van der Waals surface area contributed by atoms with Gasteiger partial charge in [-0.15, -0.1) is 0 Å². The second kappa shape index (κ2) is 11.1. The highest BCUT2D eigenvalue weighted by atomic mass is 79.9. The fourth-order valence-corrected chi connectivity index (χ4v) is 8.08. The number of nitrogens with zero attached hydrogens (tertiary/aromatic N) is 3. The van der Waals surface area contributed by atoms with Gasteiger partial charge in [-0.2, -0.15) is 4.31 Å². The minimum Gasteiger partial charge on any atom is -0.461 e. The maximum atomic E-state index is 14.2. The number of hydrogen-bond donors (Lipinski definition) is 0. The molecular formula is C26H30BrN3O8S2. The van der Waals surface area contributed by atoms with E-state index >= 15 is 0 Å². The molecule has 0 radical (unpaired) electrons. The Kier molecular flexibility index (Phi) is 8.37. The van der Waals surface area contributed by atoms with Gasteiger partial charge in [0.1, 0.15) is 10.5 Å². The summed E-state index contributed by atoms with van der Waals surface area (Å²) < 4.78 is 69.1. The third-order valence-corrected chi connectivity index (χ3v) is 10.3. The van der Waals surface area contributed by atoms with Crippen molar-refractivity contribution in [3.8, 4) is 0 Å². The summed E-state index contributed by atoms with van der Waals surface area (Å²) in [5.74, 6) is -1.10. The number of aromatic nitrogens is 1. The largest absolute Gasteiger partial charge is 0.461 e. The van der Waals surface area contributed by atoms with Crippen LogP contribution in [0.25, 0.3) is 10.9 Å². The first-order valence-corrected chi connectivity index (χ1v) is 16.2. The van der Waals surface area contributed by atoms with E-state index in [1.165, 1.54) is 48.2 Å². The topological polar surface area (TPSA) is 132 Å². The molecule has 216 valence electrons. The molecule has 2 heterocycles. The second-order valence-electron chi connectivity index (χ2n) is 10.0. The first kappa shape index (κ1) is 30.0. The van der Waals surface area contributed by atoms with E-state index in [0.29, 0.717) is 4.47 Å². The average Bonchev–Trinajstić information content (AvgIpc) is 3.24. The summed E-state index contributed by atoms with van der Waals surface area (Å²) in [5.41, 5.74) is -1.33. The summed E-state index contributed by atoms with van der Waals surface area (Å²) in [6.45, 7) is 6.56. The van der Waals surface area contributed by atoms with Crippen LogP contribution < -0.4 is 0 Å². The molecular weight excluding hydrogens is 626 g/mol. The highest BCUT2D eigenvalue weighted by Crippen LogP contribution is 2.37. The van der Waals surface area contributed by atoms with Gasteiger partial charge in [-0.25, -0.2) is 30.4 Å². The summed E-state index contributed by atoms with van der Waals surface area (Å²) in [6, 6.07) is 11.9. The van der Waals surface area contributed by atoms with Gasteiger partial charge in [0, 0.05) is 36.0 Å². The molecule has 1 aromatic heterocycles. The van der Waals surface area contributed by atoms with Gasteiger partial charge < -0.3 is 14.4 Å². The lowest BCUT2D eigenvalue weighted by molar-refractivity contribution is 0.0192. The van der Waals surface area contributed by atoms with E-state index < -0.39 is 48.3 Å². The van der Waals surface area contributed by atoms with Gasteiger partial charge in [-0.05, 0) is 58.0 Å². The van der Waals surface area contributed by atoms with Crippen LogP contribution in [0.3, 0.4) is 0 Å². The van der Waals surface area contributed by atoms with Crippen LogP contribution in [0.1, 0.15) is 38.2 Å². The molecule has 0 spiro atoms. The standard InChI is InChI=1S/C26H30BrN3O8S2/c1-5-37-24(31)22-23(40(35,36)29-15-13-28(14-16-29)25(32)38-26(2,3)4)20-17-18(27)11-12-21(20)30(22)39(33,34)19-9-7-6-8-10-19/h6-12,17H,5,13-16H2,1-4H3. The van der Waals surface area contributed by atoms with Crippen molar-refractivity contribution < 1.29 is 35.9 Å². The number of sulfonamides is 1. The minimum atomic E-state index is -4.46. The van der Waals surface area contributed by atoms with E-state index in [0.717, 1.165) is 8.28 Å². The van der Waals surface area contributed by atoms with Crippen LogP contribution >= 0.6 is 15.9 Å². The summed E-state index contributed by atoms with van der Waals surface area (Å²) in [4.78, 5) is 26.7. The molecule has 3 aromatic rings. The van der Waals surface area contributed by atoms with E-state index in [-0.39, 0.29) is 48.6 Å². The van der Waals surface area contributed by atoms with Crippen LogP contribution in [0.4, 0.5) is 4.79 Å². The summed E-state index contributed by atoms with van der Waals surface area (Å²) >= 11 is 3.33. The van der Waals surface area contributed by atoms with E-state index in [9.17, 15) is 26.4 Å². The molecule has 0 unspecified atom stereocenters. The lowest BCUT2D eigenvalue weighted by Gasteiger charge is -2.35. The van der Waals surface area contributed by atoms with Crippen LogP contribution in [0.15, 0.2) is 62.8 Å². The number of fused-ring (bicyclic) bond motifs is 1. The third kappa shape index (κ3) is 5.76. The maximum Gasteiger partial charge on any atom is 0.410 e. The van der Waals surface area contributed by atoms with Crippen molar-refractivity contribution in [3.05, 3.63) is 58.7 Å². The van der Waals surface area contributed by atoms with Gasteiger partial charge in [-0.1, -0.05) is 34.1 Å². The molecule has 14 heteroatoms. The Morgan fingerprint density at radius 2 is 1.55 bits per heavy atom. The van der Waals surface area contributed by atoms with Gasteiger partial charge in [0.05, 0.1) is 17.0 Å². The number of ether oxygens (including phenoxy) is 2. The fourth-order valence-electron chi connectivity index (χ4n) is 4.36. The summed E-state index contributed by atoms with van der Waals surface area (Å²) in [5, 5.41) is 0.0338. The molecule has 0 bridgehead atoms. The number of halogens is 1. The molecule has 0 saturated carbocycles. The van der Waals surface area contributed by atoms with Crippen LogP contribution in [0, 0.1) is 0 Å². The van der Waals surface area contributed by atoms with Crippen LogP contribution in [-0.4, -0.2) is 80.5 Å². The van der Waals surface area contributed by atoms with Gasteiger partial charge in [0.15, 0.2) is 5.69 Å². The van der Waals surface area contributed by atoms with Crippen molar-refractivity contribution in [2.24, 2.45) is 0 Å². The number of hydrogen-bond acceptors (Lipinski definition) is 8. The van der Waals surface area contributed by atoms with Crippen LogP contribution in [0.5, 0.6) is 0 Å². The lowest BCUT2D eigenvalue weighted by Crippen LogP contribution is -2.51. The number of piperazine rings is 1. The zero-order valence-electron chi connectivity index (χ0n) is 22.5. The molecule has 1 aliphatic rings. The van der Waals surface area contributed by atoms with Crippen molar-refractivity contribution in [1.82, 2.24) is 13.2 Å². The Hall–Kier alpha value is -2.94. The smallest absolute Gasteiger partial charge is 0.410 e. The van der Waals surface area contributed by atoms with Gasteiger partial charge in [0.2, 0.25) is 10.0 Å². The zero-order valence-corrected chi connectivity index (χ0v) is 25.7. The highest BCUT2D eigenvalue weighted by molar-refractivity contribution is 9.10. The predicted molar refractivity (Wildman–Crippen MR) is 151 cm³/mol. The first-order valence-electron chi connectivity index (χ1n) is 12.5. The SMILES string of the molecule is CCOC(=O)c1c(S(=O)(=O)N2CCN(C(=O)OC(C)(C)C)CC2)c2cc(Br)ccc2n1S(=O)(=O)c1ccccc1. The number of carbonyl (C=O) groups is 2. The van der Waals surface area contributed by atoms with Crippen molar-refractivity contribution >= 4 is 58.9 Å². The van der Waals surface area contributed by atoms with Crippen molar-refractivity contribution in [1.29, 1.82) is 0 Å². The predicted octanol–water partition coefficient (Wildman–Crippen LogP) is 4.06. The van der Waals surface area contributed by atoms with Gasteiger partial charge >= 0.3 is 12.1 Å². The van der Waals surface area contributed by atoms with Crippen molar-refractivity contribution in [2.45, 2.75) is 43.1 Å². The molecule has 2 aromatic carbocycles. The fraction of sp³-hybridized carbons (Fsp3) is 0.385. The Labute approximate surface area is 241 Å². The van der Waals surface area contributed by atoms with Gasteiger partial charge in [0.25, 0.3) is 10.0 Å². The molecule has 0 aliphatic carbocycles. The first-order chi connectivity index (χ1) is 18.7. The summed E-state index contributed by atoms with van der Waals surface area (Å²) in [6.07, 6.45) is -0.564. The molecule has 1 saturated heterocycles. The quantitative estimate of drug-likeness (QED) is 0.363. The average molecular weight is 657 g/mol. The lowest BCUT2D eigenvalue weighted by atomic mass is 10.2. The highest BCUT2D eigenvalue weighted by Gasteiger charge is 2.41. The maximum absolute atomic E-state index is 14.2. The Balaban J connectivity index is 1.88. The van der Waals surface area contributed by atoms with E-state index in [1.807, 2.05) is 0 Å².